The standard InChI is InChI=1S/C19H17NO4/c1-23-18-12-14(11-13-7-9-15(10-8-13)20(21)22)19(24-2)17-6-4-3-5-16(17)18/h3-10,12H,11H2,1-2H3. The summed E-state index contributed by atoms with van der Waals surface area (Å²) in [5.41, 5.74) is 2.03. The fourth-order valence-corrected chi connectivity index (χ4v) is 2.87. The van der Waals surface area contributed by atoms with E-state index in [-0.39, 0.29) is 5.69 Å². The van der Waals surface area contributed by atoms with Crippen molar-refractivity contribution in [1.29, 1.82) is 0 Å². The van der Waals surface area contributed by atoms with Crippen LogP contribution in [0.15, 0.2) is 54.6 Å². The van der Waals surface area contributed by atoms with Crippen LogP contribution in [-0.2, 0) is 6.42 Å². The minimum atomic E-state index is -0.399. The van der Waals surface area contributed by atoms with Gasteiger partial charge >= 0.3 is 0 Å². The van der Waals surface area contributed by atoms with Gasteiger partial charge in [-0.1, -0.05) is 36.4 Å². The summed E-state index contributed by atoms with van der Waals surface area (Å²) in [7, 11) is 3.29. The van der Waals surface area contributed by atoms with Crippen LogP contribution in [0.5, 0.6) is 11.5 Å². The van der Waals surface area contributed by atoms with Gasteiger partial charge in [-0.2, -0.15) is 0 Å². The molecule has 0 aliphatic heterocycles. The molecule has 0 saturated heterocycles. The van der Waals surface area contributed by atoms with Gasteiger partial charge in [0, 0.05) is 34.9 Å². The van der Waals surface area contributed by atoms with E-state index in [0.717, 1.165) is 33.4 Å². The normalized spacial score (nSPS) is 10.6. The molecule has 0 N–H and O–H groups in total. The third-order valence-electron chi connectivity index (χ3n) is 4.00. The van der Waals surface area contributed by atoms with Crippen molar-refractivity contribution in [3.05, 3.63) is 75.8 Å². The molecule has 5 nitrogen and oxygen atoms in total. The molecule has 0 atom stereocenters. The van der Waals surface area contributed by atoms with Crippen molar-refractivity contribution in [2.24, 2.45) is 0 Å². The number of hydrogen-bond donors (Lipinski definition) is 0. The lowest BCUT2D eigenvalue weighted by molar-refractivity contribution is -0.384. The van der Waals surface area contributed by atoms with Crippen LogP contribution < -0.4 is 9.47 Å². The highest BCUT2D eigenvalue weighted by atomic mass is 16.6. The highest BCUT2D eigenvalue weighted by molar-refractivity contribution is 5.94. The van der Waals surface area contributed by atoms with Gasteiger partial charge in [0.05, 0.1) is 19.1 Å². The maximum atomic E-state index is 10.8. The molecule has 3 rings (SSSR count). The molecule has 3 aromatic rings. The van der Waals surface area contributed by atoms with E-state index in [1.54, 1.807) is 26.4 Å². The van der Waals surface area contributed by atoms with Crippen LogP contribution in [0.2, 0.25) is 0 Å². The van der Waals surface area contributed by atoms with Gasteiger partial charge in [-0.15, -0.1) is 0 Å². The van der Waals surface area contributed by atoms with Gasteiger partial charge in [-0.25, -0.2) is 0 Å². The van der Waals surface area contributed by atoms with Crippen molar-refractivity contribution in [1.82, 2.24) is 0 Å². The number of non-ortho nitro benzene ring substituents is 1. The molecule has 0 heterocycles. The summed E-state index contributed by atoms with van der Waals surface area (Å²) in [5, 5.41) is 12.7. The van der Waals surface area contributed by atoms with E-state index >= 15 is 0 Å². The quantitative estimate of drug-likeness (QED) is 0.517. The summed E-state index contributed by atoms with van der Waals surface area (Å²) < 4.78 is 11.1. The molecule has 0 amide bonds. The highest BCUT2D eigenvalue weighted by Crippen LogP contribution is 2.37. The number of methoxy groups -OCH3 is 2. The average molecular weight is 323 g/mol. The second kappa shape index (κ2) is 6.58. The lowest BCUT2D eigenvalue weighted by Gasteiger charge is -2.15. The lowest BCUT2D eigenvalue weighted by atomic mass is 9.98. The minimum absolute atomic E-state index is 0.0850. The summed E-state index contributed by atoms with van der Waals surface area (Å²) in [4.78, 5) is 10.4. The van der Waals surface area contributed by atoms with E-state index in [1.807, 2.05) is 30.3 Å². The maximum Gasteiger partial charge on any atom is 0.269 e. The van der Waals surface area contributed by atoms with Gasteiger partial charge in [-0.3, -0.25) is 10.1 Å². The Labute approximate surface area is 139 Å². The van der Waals surface area contributed by atoms with Crippen molar-refractivity contribution in [2.45, 2.75) is 6.42 Å². The van der Waals surface area contributed by atoms with Crippen LogP contribution in [0, 0.1) is 10.1 Å². The molecular weight excluding hydrogens is 306 g/mol. The number of benzene rings is 3. The maximum absolute atomic E-state index is 10.8. The number of rotatable bonds is 5. The van der Waals surface area contributed by atoms with Crippen molar-refractivity contribution in [3.63, 3.8) is 0 Å². The van der Waals surface area contributed by atoms with Crippen molar-refractivity contribution >= 4 is 16.5 Å². The average Bonchev–Trinajstić information content (AvgIpc) is 2.61. The van der Waals surface area contributed by atoms with E-state index in [1.165, 1.54) is 12.1 Å². The Kier molecular flexibility index (Phi) is 4.33. The summed E-state index contributed by atoms with van der Waals surface area (Å²) in [6, 6.07) is 16.4. The molecule has 122 valence electrons. The molecule has 0 radical (unpaired) electrons. The van der Waals surface area contributed by atoms with Crippen LogP contribution in [0.4, 0.5) is 5.69 Å². The lowest BCUT2D eigenvalue weighted by Crippen LogP contribution is -1.98. The topological polar surface area (TPSA) is 61.6 Å². The second-order valence-electron chi connectivity index (χ2n) is 5.42. The number of nitrogens with zero attached hydrogens (tertiary/aromatic N) is 1. The molecular formula is C19H17NO4. The Morgan fingerprint density at radius 2 is 1.62 bits per heavy atom. The van der Waals surface area contributed by atoms with Gasteiger partial charge in [0.1, 0.15) is 11.5 Å². The van der Waals surface area contributed by atoms with Crippen molar-refractivity contribution in [2.75, 3.05) is 14.2 Å². The molecule has 0 fully saturated rings. The molecule has 0 spiro atoms. The Hall–Kier alpha value is -3.08. The fourth-order valence-electron chi connectivity index (χ4n) is 2.87. The molecule has 24 heavy (non-hydrogen) atoms. The number of fused-ring (bicyclic) bond motifs is 1. The van der Waals surface area contributed by atoms with E-state index in [9.17, 15) is 10.1 Å². The van der Waals surface area contributed by atoms with Crippen LogP contribution in [-0.4, -0.2) is 19.1 Å². The first kappa shape index (κ1) is 15.8. The van der Waals surface area contributed by atoms with Gasteiger partial charge in [0.2, 0.25) is 0 Å². The SMILES string of the molecule is COc1cc(Cc2ccc([N+](=O)[O-])cc2)c(OC)c2ccccc12. The highest BCUT2D eigenvalue weighted by Gasteiger charge is 2.14. The smallest absolute Gasteiger partial charge is 0.269 e. The van der Waals surface area contributed by atoms with Crippen LogP contribution >= 0.6 is 0 Å². The summed E-state index contributed by atoms with van der Waals surface area (Å²) in [6.45, 7) is 0. The first-order chi connectivity index (χ1) is 11.6. The Morgan fingerprint density at radius 3 is 2.21 bits per heavy atom. The van der Waals surface area contributed by atoms with E-state index < -0.39 is 4.92 Å². The first-order valence-electron chi connectivity index (χ1n) is 7.50. The van der Waals surface area contributed by atoms with E-state index in [4.69, 9.17) is 9.47 Å². The fraction of sp³-hybridized carbons (Fsp3) is 0.158. The third kappa shape index (κ3) is 2.88. The zero-order chi connectivity index (χ0) is 17.1. The van der Waals surface area contributed by atoms with Crippen LogP contribution in [0.3, 0.4) is 0 Å². The van der Waals surface area contributed by atoms with E-state index in [2.05, 4.69) is 0 Å². The Balaban J connectivity index is 2.06. The third-order valence-corrected chi connectivity index (χ3v) is 4.00. The summed E-state index contributed by atoms with van der Waals surface area (Å²) >= 11 is 0. The van der Waals surface area contributed by atoms with Gasteiger partial charge < -0.3 is 9.47 Å². The zero-order valence-electron chi connectivity index (χ0n) is 13.5. The molecule has 0 unspecified atom stereocenters. The molecule has 0 aliphatic carbocycles. The molecule has 0 aromatic heterocycles. The van der Waals surface area contributed by atoms with Crippen LogP contribution in [0.1, 0.15) is 11.1 Å². The molecule has 0 saturated carbocycles. The number of nitro benzene ring substituents is 1. The van der Waals surface area contributed by atoms with Gasteiger partial charge in [0.15, 0.2) is 0 Å². The number of ether oxygens (including phenoxy) is 2. The molecule has 5 heteroatoms. The van der Waals surface area contributed by atoms with Crippen LogP contribution in [0.25, 0.3) is 10.8 Å². The summed E-state index contributed by atoms with van der Waals surface area (Å²) in [5.74, 6) is 1.58. The number of hydrogen-bond acceptors (Lipinski definition) is 4. The Bertz CT molecular complexity index is 888. The second-order valence-corrected chi connectivity index (χ2v) is 5.42. The predicted octanol–water partition coefficient (Wildman–Crippen LogP) is 4.36. The minimum Gasteiger partial charge on any atom is -0.496 e. The number of nitro groups is 1. The van der Waals surface area contributed by atoms with Crippen molar-refractivity contribution < 1.29 is 14.4 Å². The van der Waals surface area contributed by atoms with E-state index in [0.29, 0.717) is 6.42 Å². The molecule has 0 bridgehead atoms. The first-order valence-corrected chi connectivity index (χ1v) is 7.50. The monoisotopic (exact) mass is 323 g/mol. The predicted molar refractivity (Wildman–Crippen MR) is 93.0 cm³/mol. The van der Waals surface area contributed by atoms with Gasteiger partial charge in [0.25, 0.3) is 5.69 Å². The van der Waals surface area contributed by atoms with Crippen molar-refractivity contribution in [3.8, 4) is 11.5 Å². The Morgan fingerprint density at radius 1 is 0.958 bits per heavy atom. The largest absolute Gasteiger partial charge is 0.496 e. The molecule has 3 aromatic carbocycles. The zero-order valence-corrected chi connectivity index (χ0v) is 13.5. The van der Waals surface area contributed by atoms with Gasteiger partial charge in [-0.05, 0) is 11.6 Å². The molecule has 0 aliphatic rings. The summed E-state index contributed by atoms with van der Waals surface area (Å²) in [6.07, 6.45) is 0.600.